The first-order valence-corrected chi connectivity index (χ1v) is 7.53. The first kappa shape index (κ1) is 15.0. The van der Waals surface area contributed by atoms with Crippen molar-refractivity contribution >= 4 is 21.6 Å². The number of likely N-dealkylation sites (N-methyl/N-ethyl adjacent to an activating group) is 1. The van der Waals surface area contributed by atoms with Crippen molar-refractivity contribution in [1.82, 2.24) is 15.0 Å². The van der Waals surface area contributed by atoms with Crippen molar-refractivity contribution in [3.8, 4) is 11.5 Å². The van der Waals surface area contributed by atoms with E-state index in [-0.39, 0.29) is 0 Å². The second-order valence-electron chi connectivity index (χ2n) is 4.57. The molecule has 0 aliphatic rings. The number of rotatable bonds is 6. The summed E-state index contributed by atoms with van der Waals surface area (Å²) in [6.45, 7) is 7.30. The quantitative estimate of drug-likeness (QED) is 0.820. The molecule has 1 aromatic carbocycles. The number of nitrogens with two attached hydrogens (primary N) is 1. The lowest BCUT2D eigenvalue weighted by molar-refractivity contribution is 0.303. The largest absolute Gasteiger partial charge is 0.399 e. The van der Waals surface area contributed by atoms with E-state index in [1.54, 1.807) is 0 Å². The van der Waals surface area contributed by atoms with Crippen LogP contribution >= 0.6 is 15.9 Å². The zero-order valence-corrected chi connectivity index (χ0v) is 13.4. The van der Waals surface area contributed by atoms with E-state index < -0.39 is 0 Å². The predicted molar refractivity (Wildman–Crippen MR) is 83.3 cm³/mol. The molecule has 0 unspecified atom stereocenters. The second-order valence-corrected chi connectivity index (χ2v) is 5.48. The molecular weight excluding hydrogens is 320 g/mol. The van der Waals surface area contributed by atoms with Gasteiger partial charge in [-0.25, -0.2) is 0 Å². The zero-order chi connectivity index (χ0) is 14.5. The average molecular weight is 339 g/mol. The fourth-order valence-electron chi connectivity index (χ4n) is 2.01. The van der Waals surface area contributed by atoms with Crippen LogP contribution in [0.2, 0.25) is 0 Å². The molecule has 0 fully saturated rings. The van der Waals surface area contributed by atoms with Crippen LogP contribution in [0.25, 0.3) is 11.5 Å². The van der Waals surface area contributed by atoms with Crippen LogP contribution in [0.5, 0.6) is 0 Å². The molecule has 2 rings (SSSR count). The number of nitrogen functional groups attached to an aromatic ring is 1. The molecule has 6 heteroatoms. The Labute approximate surface area is 127 Å². The van der Waals surface area contributed by atoms with E-state index in [0.717, 1.165) is 41.9 Å². The Kier molecular flexibility index (Phi) is 5.14. The van der Waals surface area contributed by atoms with Gasteiger partial charge in [-0.15, -0.1) is 0 Å². The van der Waals surface area contributed by atoms with Gasteiger partial charge in [0.25, 0.3) is 5.89 Å². The van der Waals surface area contributed by atoms with Crippen molar-refractivity contribution < 1.29 is 4.52 Å². The third kappa shape index (κ3) is 3.80. The Morgan fingerprint density at radius 1 is 1.25 bits per heavy atom. The Balaban J connectivity index is 2.08. The summed E-state index contributed by atoms with van der Waals surface area (Å²) >= 11 is 3.41. The Bertz CT molecular complexity index is 546. The van der Waals surface area contributed by atoms with Gasteiger partial charge in [-0.05, 0) is 31.3 Å². The summed E-state index contributed by atoms with van der Waals surface area (Å²) in [5, 5.41) is 4.02. The van der Waals surface area contributed by atoms with E-state index in [1.165, 1.54) is 0 Å². The van der Waals surface area contributed by atoms with E-state index in [0.29, 0.717) is 11.6 Å². The summed E-state index contributed by atoms with van der Waals surface area (Å²) in [5.74, 6) is 1.23. The molecule has 0 radical (unpaired) electrons. The van der Waals surface area contributed by atoms with Gasteiger partial charge < -0.3 is 15.2 Å². The smallest absolute Gasteiger partial charge is 0.258 e. The standard InChI is InChI=1S/C14H19BrN4O/c1-3-19(4-2)6-5-13-17-14(20-18-13)10-7-11(15)9-12(16)8-10/h7-9H,3-6,16H2,1-2H3. The topological polar surface area (TPSA) is 68.2 Å². The minimum Gasteiger partial charge on any atom is -0.399 e. The molecule has 0 atom stereocenters. The number of benzene rings is 1. The molecule has 108 valence electrons. The maximum Gasteiger partial charge on any atom is 0.258 e. The molecule has 0 saturated heterocycles. The normalized spacial score (nSPS) is 11.2. The van der Waals surface area contributed by atoms with Crippen LogP contribution in [0.3, 0.4) is 0 Å². The first-order chi connectivity index (χ1) is 9.62. The summed E-state index contributed by atoms with van der Waals surface area (Å²) < 4.78 is 6.20. The fourth-order valence-corrected chi connectivity index (χ4v) is 2.52. The lowest BCUT2D eigenvalue weighted by Crippen LogP contribution is -2.25. The molecule has 0 saturated carbocycles. The van der Waals surface area contributed by atoms with Gasteiger partial charge in [0, 0.05) is 28.7 Å². The lowest BCUT2D eigenvalue weighted by Gasteiger charge is -2.16. The van der Waals surface area contributed by atoms with Crippen molar-refractivity contribution in [3.05, 3.63) is 28.5 Å². The van der Waals surface area contributed by atoms with E-state index in [9.17, 15) is 0 Å². The van der Waals surface area contributed by atoms with Gasteiger partial charge >= 0.3 is 0 Å². The number of hydrogen-bond acceptors (Lipinski definition) is 5. The lowest BCUT2D eigenvalue weighted by atomic mass is 10.2. The zero-order valence-electron chi connectivity index (χ0n) is 11.8. The van der Waals surface area contributed by atoms with Crippen molar-refractivity contribution in [2.45, 2.75) is 20.3 Å². The van der Waals surface area contributed by atoms with Gasteiger partial charge in [0.1, 0.15) is 0 Å². The van der Waals surface area contributed by atoms with Crippen molar-refractivity contribution in [1.29, 1.82) is 0 Å². The van der Waals surface area contributed by atoms with Crippen LogP contribution in [0.1, 0.15) is 19.7 Å². The van der Waals surface area contributed by atoms with E-state index in [2.05, 4.69) is 44.8 Å². The van der Waals surface area contributed by atoms with Crippen LogP contribution in [-0.4, -0.2) is 34.7 Å². The molecule has 2 N–H and O–H groups in total. The molecule has 20 heavy (non-hydrogen) atoms. The van der Waals surface area contributed by atoms with Crippen LogP contribution < -0.4 is 5.73 Å². The minimum atomic E-state index is 0.507. The van der Waals surface area contributed by atoms with Crippen molar-refractivity contribution in [3.63, 3.8) is 0 Å². The summed E-state index contributed by atoms with van der Waals surface area (Å²) in [4.78, 5) is 6.75. The fraction of sp³-hybridized carbons (Fsp3) is 0.429. The minimum absolute atomic E-state index is 0.507. The maximum absolute atomic E-state index is 5.81. The Morgan fingerprint density at radius 2 is 2.00 bits per heavy atom. The van der Waals surface area contributed by atoms with Gasteiger partial charge in [0.2, 0.25) is 0 Å². The third-order valence-corrected chi connectivity index (χ3v) is 3.64. The van der Waals surface area contributed by atoms with Gasteiger partial charge in [-0.3, -0.25) is 0 Å². The third-order valence-electron chi connectivity index (χ3n) is 3.18. The van der Waals surface area contributed by atoms with E-state index >= 15 is 0 Å². The number of nitrogens with zero attached hydrogens (tertiary/aromatic N) is 3. The highest BCUT2D eigenvalue weighted by atomic mass is 79.9. The Morgan fingerprint density at radius 3 is 2.65 bits per heavy atom. The highest BCUT2D eigenvalue weighted by molar-refractivity contribution is 9.10. The van der Waals surface area contributed by atoms with Gasteiger partial charge in [0.05, 0.1) is 0 Å². The van der Waals surface area contributed by atoms with Gasteiger partial charge in [0.15, 0.2) is 5.82 Å². The van der Waals surface area contributed by atoms with Crippen molar-refractivity contribution in [2.75, 3.05) is 25.4 Å². The number of hydrogen-bond donors (Lipinski definition) is 1. The van der Waals surface area contributed by atoms with Crippen LogP contribution in [-0.2, 0) is 6.42 Å². The van der Waals surface area contributed by atoms with Crippen LogP contribution in [0.15, 0.2) is 27.2 Å². The Hall–Kier alpha value is -1.40. The summed E-state index contributed by atoms with van der Waals surface area (Å²) in [6, 6.07) is 5.58. The molecule has 0 bridgehead atoms. The predicted octanol–water partition coefficient (Wildman–Crippen LogP) is 2.97. The van der Waals surface area contributed by atoms with E-state index in [4.69, 9.17) is 10.3 Å². The van der Waals surface area contributed by atoms with Crippen LogP contribution in [0.4, 0.5) is 5.69 Å². The molecule has 1 heterocycles. The van der Waals surface area contributed by atoms with Gasteiger partial charge in [-0.2, -0.15) is 4.98 Å². The molecule has 5 nitrogen and oxygen atoms in total. The molecule has 0 aliphatic carbocycles. The van der Waals surface area contributed by atoms with Crippen molar-refractivity contribution in [2.24, 2.45) is 0 Å². The SMILES string of the molecule is CCN(CC)CCc1noc(-c2cc(N)cc(Br)c2)n1. The van der Waals surface area contributed by atoms with E-state index in [1.807, 2.05) is 18.2 Å². The first-order valence-electron chi connectivity index (χ1n) is 6.73. The highest BCUT2D eigenvalue weighted by Crippen LogP contribution is 2.25. The summed E-state index contributed by atoms with van der Waals surface area (Å²) in [5.41, 5.74) is 7.31. The molecule has 0 aliphatic heterocycles. The molecule has 0 spiro atoms. The number of aromatic nitrogens is 2. The average Bonchev–Trinajstić information content (AvgIpc) is 2.88. The monoisotopic (exact) mass is 338 g/mol. The summed E-state index contributed by atoms with van der Waals surface area (Å²) in [6.07, 6.45) is 0.786. The summed E-state index contributed by atoms with van der Waals surface area (Å²) in [7, 11) is 0. The second kappa shape index (κ2) is 6.85. The maximum atomic E-state index is 5.81. The molecule has 1 aromatic heterocycles. The number of halogens is 1. The molecular formula is C14H19BrN4O. The molecule has 0 amide bonds. The van der Waals surface area contributed by atoms with Gasteiger partial charge in [-0.1, -0.05) is 34.9 Å². The number of anilines is 1. The molecule has 2 aromatic rings. The van der Waals surface area contributed by atoms with Crippen LogP contribution in [0, 0.1) is 0 Å². The highest BCUT2D eigenvalue weighted by Gasteiger charge is 2.11.